The Bertz CT molecular complexity index is 539. The number of hydrogen-bond acceptors (Lipinski definition) is 5. The maximum Gasteiger partial charge on any atom is 0.271 e. The Morgan fingerprint density at radius 3 is 2.78 bits per heavy atom. The number of ether oxygens (including phenoxy) is 1. The van der Waals surface area contributed by atoms with Crippen LogP contribution in [0.1, 0.15) is 25.0 Å². The lowest BCUT2D eigenvalue weighted by Gasteiger charge is -2.19. The molecule has 0 radical (unpaired) electrons. The summed E-state index contributed by atoms with van der Waals surface area (Å²) < 4.78 is 33.0. The SMILES string of the molecule is NS(=O)(=O)c1ccc(CNC2CC3CCC2O3)o1. The first-order valence-corrected chi connectivity index (χ1v) is 7.57. The second-order valence-electron chi connectivity index (χ2n) is 4.86. The topological polar surface area (TPSA) is 94.6 Å². The van der Waals surface area contributed by atoms with E-state index in [-0.39, 0.29) is 5.09 Å². The molecule has 18 heavy (non-hydrogen) atoms. The summed E-state index contributed by atoms with van der Waals surface area (Å²) in [5, 5.41) is 8.12. The van der Waals surface area contributed by atoms with E-state index >= 15 is 0 Å². The van der Waals surface area contributed by atoms with Gasteiger partial charge in [-0.15, -0.1) is 0 Å². The molecule has 2 saturated heterocycles. The highest BCUT2D eigenvalue weighted by Gasteiger charge is 2.40. The van der Waals surface area contributed by atoms with Gasteiger partial charge in [-0.2, -0.15) is 0 Å². The molecule has 0 aliphatic carbocycles. The summed E-state index contributed by atoms with van der Waals surface area (Å²) in [6.45, 7) is 0.493. The Kier molecular flexibility index (Phi) is 2.93. The molecular formula is C11H16N2O4S. The Hall–Kier alpha value is -0.890. The quantitative estimate of drug-likeness (QED) is 0.824. The predicted octanol–water partition coefficient (Wildman–Crippen LogP) is 0.337. The van der Waals surface area contributed by atoms with Gasteiger partial charge < -0.3 is 14.5 Å². The van der Waals surface area contributed by atoms with Crippen molar-refractivity contribution in [1.29, 1.82) is 0 Å². The fourth-order valence-electron chi connectivity index (χ4n) is 2.69. The lowest BCUT2D eigenvalue weighted by Crippen LogP contribution is -2.36. The van der Waals surface area contributed by atoms with Crippen LogP contribution in [0.5, 0.6) is 0 Å². The van der Waals surface area contributed by atoms with Crippen molar-refractivity contribution in [3.63, 3.8) is 0 Å². The van der Waals surface area contributed by atoms with Crippen LogP contribution in [0, 0.1) is 0 Å². The van der Waals surface area contributed by atoms with Gasteiger partial charge in [-0.25, -0.2) is 13.6 Å². The van der Waals surface area contributed by atoms with Gasteiger partial charge in [0.15, 0.2) is 0 Å². The third kappa shape index (κ3) is 2.31. The van der Waals surface area contributed by atoms with Crippen molar-refractivity contribution in [3.05, 3.63) is 17.9 Å². The minimum Gasteiger partial charge on any atom is -0.447 e. The van der Waals surface area contributed by atoms with Crippen LogP contribution < -0.4 is 10.5 Å². The fourth-order valence-corrected chi connectivity index (χ4v) is 3.17. The summed E-state index contributed by atoms with van der Waals surface area (Å²) >= 11 is 0. The summed E-state index contributed by atoms with van der Waals surface area (Å²) in [5.41, 5.74) is 0. The van der Waals surface area contributed by atoms with Gasteiger partial charge in [0.2, 0.25) is 5.09 Å². The molecule has 3 heterocycles. The molecule has 2 bridgehead atoms. The number of nitrogens with two attached hydrogens (primary N) is 1. The van der Waals surface area contributed by atoms with Crippen LogP contribution in [0.3, 0.4) is 0 Å². The normalized spacial score (nSPS) is 31.1. The van der Waals surface area contributed by atoms with Gasteiger partial charge in [-0.05, 0) is 31.4 Å². The van der Waals surface area contributed by atoms with Crippen LogP contribution in [0.4, 0.5) is 0 Å². The van der Waals surface area contributed by atoms with Crippen LogP contribution >= 0.6 is 0 Å². The van der Waals surface area contributed by atoms with Crippen molar-refractivity contribution in [3.8, 4) is 0 Å². The molecular weight excluding hydrogens is 256 g/mol. The number of rotatable bonds is 4. The first-order valence-electron chi connectivity index (χ1n) is 6.03. The zero-order valence-corrected chi connectivity index (χ0v) is 10.7. The monoisotopic (exact) mass is 272 g/mol. The minimum absolute atomic E-state index is 0.191. The van der Waals surface area contributed by atoms with Gasteiger partial charge in [-0.1, -0.05) is 0 Å². The smallest absolute Gasteiger partial charge is 0.271 e. The average molecular weight is 272 g/mol. The van der Waals surface area contributed by atoms with Gasteiger partial charge in [0.1, 0.15) is 5.76 Å². The second kappa shape index (κ2) is 4.34. The Balaban J connectivity index is 1.59. The molecule has 6 nitrogen and oxygen atoms in total. The number of fused-ring (bicyclic) bond motifs is 2. The van der Waals surface area contributed by atoms with E-state index in [2.05, 4.69) is 5.32 Å². The van der Waals surface area contributed by atoms with E-state index in [0.29, 0.717) is 30.6 Å². The van der Waals surface area contributed by atoms with Crippen molar-refractivity contribution in [1.82, 2.24) is 5.32 Å². The maximum absolute atomic E-state index is 11.1. The lowest BCUT2D eigenvalue weighted by atomic mass is 9.95. The van der Waals surface area contributed by atoms with Crippen LogP contribution in [0.2, 0.25) is 0 Å². The molecule has 3 N–H and O–H groups in total. The number of furan rings is 1. The van der Waals surface area contributed by atoms with Crippen LogP contribution in [0.15, 0.2) is 21.6 Å². The lowest BCUT2D eigenvalue weighted by molar-refractivity contribution is 0.0970. The average Bonchev–Trinajstić information content (AvgIpc) is 3.01. The predicted molar refractivity (Wildman–Crippen MR) is 63.2 cm³/mol. The standard InChI is InChI=1S/C11H16N2O4S/c12-18(14,15)11-4-2-8(17-11)6-13-9-5-7-1-3-10(9)16-7/h2,4,7,9-10,13H,1,3,5-6H2,(H2,12,14,15). The maximum atomic E-state index is 11.1. The summed E-state index contributed by atoms with van der Waals surface area (Å²) in [6.07, 6.45) is 3.96. The zero-order chi connectivity index (χ0) is 12.8. The number of nitrogens with one attached hydrogen (secondary N) is 1. The fraction of sp³-hybridized carbons (Fsp3) is 0.636. The van der Waals surface area contributed by atoms with Crippen molar-refractivity contribution >= 4 is 10.0 Å². The van der Waals surface area contributed by atoms with Crippen LogP contribution in [-0.2, 0) is 21.3 Å². The van der Waals surface area contributed by atoms with E-state index < -0.39 is 10.0 Å². The molecule has 3 atom stereocenters. The minimum atomic E-state index is -3.75. The summed E-state index contributed by atoms with van der Waals surface area (Å²) in [4.78, 5) is 0. The Morgan fingerprint density at radius 2 is 2.22 bits per heavy atom. The number of hydrogen-bond donors (Lipinski definition) is 2. The highest BCUT2D eigenvalue weighted by Crippen LogP contribution is 2.34. The van der Waals surface area contributed by atoms with Gasteiger partial charge in [0, 0.05) is 6.04 Å². The van der Waals surface area contributed by atoms with Crippen molar-refractivity contribution in [2.75, 3.05) is 0 Å². The van der Waals surface area contributed by atoms with E-state index in [9.17, 15) is 8.42 Å². The molecule has 1 aromatic rings. The van der Waals surface area contributed by atoms with E-state index in [1.54, 1.807) is 6.07 Å². The Morgan fingerprint density at radius 1 is 1.39 bits per heavy atom. The van der Waals surface area contributed by atoms with Gasteiger partial charge in [0.25, 0.3) is 10.0 Å². The molecule has 3 unspecified atom stereocenters. The molecule has 100 valence electrons. The van der Waals surface area contributed by atoms with Crippen LogP contribution in [-0.4, -0.2) is 26.7 Å². The highest BCUT2D eigenvalue weighted by atomic mass is 32.2. The van der Waals surface area contributed by atoms with E-state index in [0.717, 1.165) is 19.3 Å². The first kappa shape index (κ1) is 12.2. The van der Waals surface area contributed by atoms with Crippen molar-refractivity contribution < 1.29 is 17.6 Å². The van der Waals surface area contributed by atoms with E-state index in [4.69, 9.17) is 14.3 Å². The van der Waals surface area contributed by atoms with E-state index in [1.807, 2.05) is 0 Å². The summed E-state index contributed by atoms with van der Waals surface area (Å²) in [6, 6.07) is 3.34. The second-order valence-corrected chi connectivity index (χ2v) is 6.36. The molecule has 0 aromatic carbocycles. The summed E-state index contributed by atoms with van der Waals surface area (Å²) in [5.74, 6) is 0.571. The van der Waals surface area contributed by atoms with Gasteiger partial charge in [-0.3, -0.25) is 0 Å². The molecule has 1 aromatic heterocycles. The molecule has 2 aliphatic heterocycles. The molecule has 2 fully saturated rings. The molecule has 0 spiro atoms. The molecule has 0 saturated carbocycles. The largest absolute Gasteiger partial charge is 0.447 e. The third-order valence-corrected chi connectivity index (χ3v) is 4.34. The molecule has 3 rings (SSSR count). The third-order valence-electron chi connectivity index (χ3n) is 3.56. The molecule has 0 amide bonds. The van der Waals surface area contributed by atoms with Crippen molar-refractivity contribution in [2.45, 2.75) is 49.1 Å². The molecule has 7 heteroatoms. The summed E-state index contributed by atoms with van der Waals surface area (Å²) in [7, 11) is -3.75. The molecule has 2 aliphatic rings. The van der Waals surface area contributed by atoms with Crippen molar-refractivity contribution in [2.24, 2.45) is 5.14 Å². The van der Waals surface area contributed by atoms with Crippen LogP contribution in [0.25, 0.3) is 0 Å². The zero-order valence-electron chi connectivity index (χ0n) is 9.83. The highest BCUT2D eigenvalue weighted by molar-refractivity contribution is 7.89. The van der Waals surface area contributed by atoms with Gasteiger partial charge in [0.05, 0.1) is 18.8 Å². The first-order chi connectivity index (χ1) is 8.52. The number of sulfonamides is 1. The Labute approximate surface area is 106 Å². The number of primary sulfonamides is 1. The van der Waals surface area contributed by atoms with Gasteiger partial charge >= 0.3 is 0 Å². The van der Waals surface area contributed by atoms with E-state index in [1.165, 1.54) is 6.07 Å².